The Balaban J connectivity index is 1.90. The Morgan fingerprint density at radius 2 is 2.06 bits per heavy atom. The summed E-state index contributed by atoms with van der Waals surface area (Å²) in [7, 11) is 2.15. The van der Waals surface area contributed by atoms with Gasteiger partial charge in [-0.25, -0.2) is 0 Å². The second kappa shape index (κ2) is 4.43. The van der Waals surface area contributed by atoms with E-state index >= 15 is 0 Å². The van der Waals surface area contributed by atoms with Crippen LogP contribution >= 0.6 is 0 Å². The Bertz CT molecular complexity index is 576. The molecule has 0 radical (unpaired) electrons. The first-order valence-electron chi connectivity index (χ1n) is 6.93. The molecule has 0 bridgehead atoms. The molecule has 1 N–H and O–H groups in total. The van der Waals surface area contributed by atoms with Gasteiger partial charge < -0.3 is 9.88 Å². The van der Waals surface area contributed by atoms with Gasteiger partial charge in [-0.15, -0.1) is 0 Å². The van der Waals surface area contributed by atoms with Crippen molar-refractivity contribution in [1.82, 2.24) is 9.88 Å². The third-order valence-electron chi connectivity index (χ3n) is 3.91. The van der Waals surface area contributed by atoms with Crippen LogP contribution in [0.25, 0.3) is 10.9 Å². The zero-order chi connectivity index (χ0) is 12.7. The van der Waals surface area contributed by atoms with E-state index in [-0.39, 0.29) is 0 Å². The Kier molecular flexibility index (Phi) is 2.90. The number of fused-ring (bicyclic) bond motifs is 1. The molecule has 0 saturated heterocycles. The fraction of sp³-hybridized carbons (Fsp3) is 0.500. The van der Waals surface area contributed by atoms with E-state index < -0.39 is 0 Å². The monoisotopic (exact) mass is 242 g/mol. The molecular formula is C16H22N2. The van der Waals surface area contributed by atoms with Crippen LogP contribution in [-0.4, -0.2) is 17.2 Å². The molecule has 0 amide bonds. The first-order valence-corrected chi connectivity index (χ1v) is 6.93. The molecule has 1 aliphatic carbocycles. The molecule has 1 fully saturated rings. The van der Waals surface area contributed by atoms with E-state index in [1.807, 2.05) is 0 Å². The molecule has 1 aliphatic rings. The molecular weight excluding hydrogens is 220 g/mol. The summed E-state index contributed by atoms with van der Waals surface area (Å²) in [6.07, 6.45) is 6.17. The quantitative estimate of drug-likeness (QED) is 0.872. The second-order valence-electron chi connectivity index (χ2n) is 5.72. The van der Waals surface area contributed by atoms with Crippen LogP contribution in [0.5, 0.6) is 0 Å². The van der Waals surface area contributed by atoms with Gasteiger partial charge >= 0.3 is 0 Å². The van der Waals surface area contributed by atoms with Gasteiger partial charge in [0.2, 0.25) is 0 Å². The minimum absolute atomic E-state index is 0.809. The summed E-state index contributed by atoms with van der Waals surface area (Å²) >= 11 is 0. The number of rotatable bonds is 4. The van der Waals surface area contributed by atoms with Crippen molar-refractivity contribution in [3.8, 4) is 0 Å². The number of nitrogens with one attached hydrogen (secondary N) is 1. The number of nitrogens with zero attached hydrogens (tertiary/aromatic N) is 1. The topological polar surface area (TPSA) is 17.0 Å². The van der Waals surface area contributed by atoms with Crippen molar-refractivity contribution in [2.24, 2.45) is 7.05 Å². The highest BCUT2D eigenvalue weighted by Gasteiger charge is 2.20. The zero-order valence-corrected chi connectivity index (χ0v) is 11.6. The minimum atomic E-state index is 0.809. The average Bonchev–Trinajstić information content (AvgIpc) is 3.05. The molecule has 0 aliphatic heterocycles. The first kappa shape index (κ1) is 11.8. The summed E-state index contributed by atoms with van der Waals surface area (Å²) in [5.74, 6) is 0. The SMILES string of the molecule is Cc1cc(C)c2c(CCNC3CC3)cn(C)c2c1. The molecule has 2 aromatic rings. The van der Waals surface area contributed by atoms with Crippen molar-refractivity contribution in [2.45, 2.75) is 39.2 Å². The largest absolute Gasteiger partial charge is 0.350 e. The van der Waals surface area contributed by atoms with Crippen LogP contribution in [0, 0.1) is 13.8 Å². The van der Waals surface area contributed by atoms with Gasteiger partial charge in [0.05, 0.1) is 0 Å². The fourth-order valence-corrected chi connectivity index (χ4v) is 2.90. The number of hydrogen-bond donors (Lipinski definition) is 1. The Morgan fingerprint density at radius 3 is 2.78 bits per heavy atom. The van der Waals surface area contributed by atoms with Crippen LogP contribution in [-0.2, 0) is 13.5 Å². The Labute approximate surface area is 109 Å². The van der Waals surface area contributed by atoms with Crippen molar-refractivity contribution >= 4 is 10.9 Å². The molecule has 18 heavy (non-hydrogen) atoms. The summed E-state index contributed by atoms with van der Waals surface area (Å²) in [4.78, 5) is 0. The number of benzene rings is 1. The molecule has 1 aromatic carbocycles. The van der Waals surface area contributed by atoms with E-state index in [4.69, 9.17) is 0 Å². The molecule has 0 atom stereocenters. The van der Waals surface area contributed by atoms with E-state index in [1.54, 1.807) is 0 Å². The van der Waals surface area contributed by atoms with Crippen molar-refractivity contribution in [2.75, 3.05) is 6.54 Å². The number of aryl methyl sites for hydroxylation is 3. The van der Waals surface area contributed by atoms with Crippen LogP contribution in [0.2, 0.25) is 0 Å². The van der Waals surface area contributed by atoms with Gasteiger partial charge in [-0.1, -0.05) is 6.07 Å². The van der Waals surface area contributed by atoms with Crippen LogP contribution in [0.1, 0.15) is 29.5 Å². The maximum absolute atomic E-state index is 3.60. The summed E-state index contributed by atoms with van der Waals surface area (Å²) < 4.78 is 2.27. The summed E-state index contributed by atoms with van der Waals surface area (Å²) in [6.45, 7) is 5.51. The lowest BCUT2D eigenvalue weighted by molar-refractivity contribution is 0.682. The third-order valence-corrected chi connectivity index (χ3v) is 3.91. The maximum Gasteiger partial charge on any atom is 0.0485 e. The van der Waals surface area contributed by atoms with Crippen LogP contribution in [0.15, 0.2) is 18.3 Å². The maximum atomic E-state index is 3.60. The summed E-state index contributed by atoms with van der Waals surface area (Å²) in [5, 5.41) is 5.06. The normalized spacial score (nSPS) is 15.5. The predicted molar refractivity (Wildman–Crippen MR) is 77.1 cm³/mol. The van der Waals surface area contributed by atoms with E-state index in [9.17, 15) is 0 Å². The van der Waals surface area contributed by atoms with Crippen molar-refractivity contribution < 1.29 is 0 Å². The molecule has 1 saturated carbocycles. The molecule has 1 heterocycles. The van der Waals surface area contributed by atoms with Gasteiger partial charge in [0.25, 0.3) is 0 Å². The van der Waals surface area contributed by atoms with E-state index in [2.05, 4.69) is 49.1 Å². The zero-order valence-electron chi connectivity index (χ0n) is 11.6. The third kappa shape index (κ3) is 2.17. The molecule has 3 rings (SSSR count). The van der Waals surface area contributed by atoms with Gasteiger partial charge in [-0.2, -0.15) is 0 Å². The molecule has 0 spiro atoms. The van der Waals surface area contributed by atoms with Gasteiger partial charge in [0, 0.05) is 30.2 Å². The highest BCUT2D eigenvalue weighted by molar-refractivity contribution is 5.87. The van der Waals surface area contributed by atoms with Gasteiger partial charge in [-0.05, 0) is 62.4 Å². The van der Waals surface area contributed by atoms with Crippen LogP contribution in [0.3, 0.4) is 0 Å². The van der Waals surface area contributed by atoms with Crippen LogP contribution in [0.4, 0.5) is 0 Å². The first-order chi connectivity index (χ1) is 8.65. The van der Waals surface area contributed by atoms with Gasteiger partial charge in [-0.3, -0.25) is 0 Å². The average molecular weight is 242 g/mol. The van der Waals surface area contributed by atoms with E-state index in [1.165, 1.54) is 40.4 Å². The lowest BCUT2D eigenvalue weighted by Gasteiger charge is -2.05. The molecule has 0 unspecified atom stereocenters. The van der Waals surface area contributed by atoms with E-state index in [0.29, 0.717) is 0 Å². The molecule has 2 nitrogen and oxygen atoms in total. The highest BCUT2D eigenvalue weighted by Crippen LogP contribution is 2.26. The Hall–Kier alpha value is -1.28. The molecule has 2 heteroatoms. The fourth-order valence-electron chi connectivity index (χ4n) is 2.90. The number of aromatic nitrogens is 1. The summed E-state index contributed by atoms with van der Waals surface area (Å²) in [5.41, 5.74) is 5.61. The van der Waals surface area contributed by atoms with Crippen LogP contribution < -0.4 is 5.32 Å². The second-order valence-corrected chi connectivity index (χ2v) is 5.72. The smallest absolute Gasteiger partial charge is 0.0485 e. The lowest BCUT2D eigenvalue weighted by Crippen LogP contribution is -2.19. The van der Waals surface area contributed by atoms with Gasteiger partial charge in [0.1, 0.15) is 0 Å². The minimum Gasteiger partial charge on any atom is -0.350 e. The molecule has 1 aromatic heterocycles. The summed E-state index contributed by atoms with van der Waals surface area (Å²) in [6, 6.07) is 5.39. The Morgan fingerprint density at radius 1 is 1.28 bits per heavy atom. The van der Waals surface area contributed by atoms with Crippen molar-refractivity contribution in [3.05, 3.63) is 35.0 Å². The molecule has 96 valence electrons. The predicted octanol–water partition coefficient (Wildman–Crippen LogP) is 3.09. The van der Waals surface area contributed by atoms with Crippen molar-refractivity contribution in [3.63, 3.8) is 0 Å². The lowest BCUT2D eigenvalue weighted by atomic mass is 10.0. The van der Waals surface area contributed by atoms with E-state index in [0.717, 1.165) is 19.0 Å². The van der Waals surface area contributed by atoms with Gasteiger partial charge in [0.15, 0.2) is 0 Å². The van der Waals surface area contributed by atoms with Crippen molar-refractivity contribution in [1.29, 1.82) is 0 Å². The standard InChI is InChI=1S/C16H22N2/c1-11-8-12(2)16-13(6-7-17-14-4-5-14)10-18(3)15(16)9-11/h8-10,14,17H,4-7H2,1-3H3. The number of hydrogen-bond acceptors (Lipinski definition) is 1. The highest BCUT2D eigenvalue weighted by atomic mass is 14.9.